The van der Waals surface area contributed by atoms with Crippen LogP contribution in [0.1, 0.15) is 12.8 Å². The van der Waals surface area contributed by atoms with Crippen LogP contribution in [0.15, 0.2) is 51.8 Å². The molecule has 1 amide bonds. The van der Waals surface area contributed by atoms with Crippen molar-refractivity contribution in [1.29, 1.82) is 0 Å². The molecule has 1 heterocycles. The van der Waals surface area contributed by atoms with Crippen LogP contribution in [0.3, 0.4) is 0 Å². The minimum atomic E-state index is -0.266. The Morgan fingerprint density at radius 2 is 1.81 bits per heavy atom. The monoisotopic (exact) mass is 425 g/mol. The lowest BCUT2D eigenvalue weighted by Crippen LogP contribution is -2.11. The topological polar surface area (TPSA) is 68.0 Å². The molecule has 0 aliphatic rings. The van der Waals surface area contributed by atoms with E-state index in [-0.39, 0.29) is 23.6 Å². The molecule has 5 nitrogen and oxygen atoms in total. The number of hydrogen-bond donors (Lipinski definition) is 1. The molecule has 0 atom stereocenters. The fourth-order valence-electron chi connectivity index (χ4n) is 2.20. The van der Waals surface area contributed by atoms with Crippen LogP contribution in [-0.4, -0.2) is 21.9 Å². The molecule has 1 aromatic heterocycles. The van der Waals surface area contributed by atoms with Gasteiger partial charge in [0.1, 0.15) is 5.82 Å². The number of carbonyl (C=O) groups excluding carboxylic acids is 1. The van der Waals surface area contributed by atoms with E-state index < -0.39 is 0 Å². The number of benzene rings is 2. The molecule has 0 saturated heterocycles. The van der Waals surface area contributed by atoms with Crippen LogP contribution in [0, 0.1) is 5.82 Å². The van der Waals surface area contributed by atoms with Gasteiger partial charge in [-0.05, 0) is 54.6 Å². The molecule has 9 heteroatoms. The first kappa shape index (κ1) is 19.7. The van der Waals surface area contributed by atoms with Gasteiger partial charge >= 0.3 is 6.01 Å². The number of thioether (sulfide) groups is 1. The Morgan fingerprint density at radius 3 is 2.52 bits per heavy atom. The quantitative estimate of drug-likeness (QED) is 0.388. The molecule has 27 heavy (non-hydrogen) atoms. The van der Waals surface area contributed by atoms with Gasteiger partial charge in [-0.3, -0.25) is 10.1 Å². The van der Waals surface area contributed by atoms with Crippen molar-refractivity contribution in [3.8, 4) is 11.5 Å². The first-order valence-electron chi connectivity index (χ1n) is 7.98. The van der Waals surface area contributed by atoms with Crippen molar-refractivity contribution in [2.24, 2.45) is 0 Å². The van der Waals surface area contributed by atoms with E-state index in [1.807, 2.05) is 0 Å². The van der Waals surface area contributed by atoms with Crippen LogP contribution >= 0.6 is 35.0 Å². The SMILES string of the molecule is O=C(CCCSc1ccc(F)cc1)Nc1nnc(-c2cc(Cl)cc(Cl)c2)o1. The van der Waals surface area contributed by atoms with E-state index in [2.05, 4.69) is 15.5 Å². The third-order valence-electron chi connectivity index (χ3n) is 3.41. The zero-order valence-corrected chi connectivity index (χ0v) is 16.2. The van der Waals surface area contributed by atoms with E-state index in [1.165, 1.54) is 12.1 Å². The molecule has 0 radical (unpaired) electrons. The maximum Gasteiger partial charge on any atom is 0.322 e. The Labute approximate surface area is 169 Å². The second-order valence-corrected chi connectivity index (χ2v) is 7.57. The first-order chi connectivity index (χ1) is 13.0. The van der Waals surface area contributed by atoms with Gasteiger partial charge in [0.25, 0.3) is 0 Å². The Hall–Kier alpha value is -2.09. The van der Waals surface area contributed by atoms with Gasteiger partial charge in [0.15, 0.2) is 0 Å². The van der Waals surface area contributed by atoms with Gasteiger partial charge in [0.05, 0.1) is 0 Å². The molecule has 0 saturated carbocycles. The van der Waals surface area contributed by atoms with Gasteiger partial charge < -0.3 is 4.42 Å². The molecule has 1 N–H and O–H groups in total. The highest BCUT2D eigenvalue weighted by molar-refractivity contribution is 7.99. The van der Waals surface area contributed by atoms with Gasteiger partial charge in [-0.15, -0.1) is 16.9 Å². The average molecular weight is 426 g/mol. The van der Waals surface area contributed by atoms with Gasteiger partial charge in [0, 0.05) is 26.9 Å². The standard InChI is InChI=1S/C18H14Cl2FN3O2S/c19-12-8-11(9-13(20)10-12)17-23-24-18(26-17)22-16(25)2-1-7-27-15-5-3-14(21)4-6-15/h3-6,8-10H,1-2,7H2,(H,22,24,25). The average Bonchev–Trinajstić information content (AvgIpc) is 3.08. The first-order valence-corrected chi connectivity index (χ1v) is 9.72. The number of carbonyl (C=O) groups is 1. The number of hydrogen-bond acceptors (Lipinski definition) is 5. The van der Waals surface area contributed by atoms with Crippen LogP contribution in [0.2, 0.25) is 10.0 Å². The molecule has 3 aromatic rings. The molecule has 2 aromatic carbocycles. The molecular weight excluding hydrogens is 412 g/mol. The molecule has 140 valence electrons. The number of anilines is 1. The lowest BCUT2D eigenvalue weighted by Gasteiger charge is -2.02. The highest BCUT2D eigenvalue weighted by Gasteiger charge is 2.12. The van der Waals surface area contributed by atoms with Crippen LogP contribution in [-0.2, 0) is 4.79 Å². The van der Waals surface area contributed by atoms with E-state index in [4.69, 9.17) is 27.6 Å². The van der Waals surface area contributed by atoms with Crippen molar-refractivity contribution < 1.29 is 13.6 Å². The Bertz CT molecular complexity index is 914. The van der Waals surface area contributed by atoms with Crippen molar-refractivity contribution in [2.75, 3.05) is 11.1 Å². The summed E-state index contributed by atoms with van der Waals surface area (Å²) in [6.45, 7) is 0. The van der Waals surface area contributed by atoms with E-state index in [0.29, 0.717) is 28.5 Å². The normalized spacial score (nSPS) is 10.8. The van der Waals surface area contributed by atoms with Crippen molar-refractivity contribution in [2.45, 2.75) is 17.7 Å². The van der Waals surface area contributed by atoms with Gasteiger partial charge in [0.2, 0.25) is 11.8 Å². The summed E-state index contributed by atoms with van der Waals surface area (Å²) in [4.78, 5) is 12.9. The molecule has 3 rings (SSSR count). The summed E-state index contributed by atoms with van der Waals surface area (Å²) in [6.07, 6.45) is 0.952. The number of nitrogens with zero attached hydrogens (tertiary/aromatic N) is 2. The van der Waals surface area contributed by atoms with Crippen molar-refractivity contribution in [3.63, 3.8) is 0 Å². The molecule has 0 unspecified atom stereocenters. The Kier molecular flexibility index (Phi) is 6.71. The summed E-state index contributed by atoms with van der Waals surface area (Å²) in [7, 11) is 0. The minimum absolute atomic E-state index is 0.0114. The predicted molar refractivity (Wildman–Crippen MR) is 105 cm³/mol. The zero-order valence-electron chi connectivity index (χ0n) is 13.9. The molecule has 0 bridgehead atoms. The van der Waals surface area contributed by atoms with Crippen molar-refractivity contribution in [1.82, 2.24) is 10.2 Å². The Morgan fingerprint density at radius 1 is 1.11 bits per heavy atom. The highest BCUT2D eigenvalue weighted by Crippen LogP contribution is 2.27. The molecule has 0 aliphatic carbocycles. The van der Waals surface area contributed by atoms with Crippen LogP contribution in [0.4, 0.5) is 10.4 Å². The molecule has 0 fully saturated rings. The van der Waals surface area contributed by atoms with Crippen LogP contribution < -0.4 is 5.32 Å². The van der Waals surface area contributed by atoms with Gasteiger partial charge in [-0.25, -0.2) is 4.39 Å². The van der Waals surface area contributed by atoms with Crippen LogP contribution in [0.5, 0.6) is 0 Å². The smallest absolute Gasteiger partial charge is 0.322 e. The van der Waals surface area contributed by atoms with Gasteiger partial charge in [-0.1, -0.05) is 28.3 Å². The number of rotatable bonds is 7. The summed E-state index contributed by atoms with van der Waals surface area (Å²) < 4.78 is 18.3. The Balaban J connectivity index is 1.47. The third-order valence-corrected chi connectivity index (χ3v) is 4.95. The summed E-state index contributed by atoms with van der Waals surface area (Å²) in [5.74, 6) is 0.447. The molecular formula is C18H14Cl2FN3O2S. The number of amides is 1. The van der Waals surface area contributed by atoms with Crippen LogP contribution in [0.25, 0.3) is 11.5 Å². The fraction of sp³-hybridized carbons (Fsp3) is 0.167. The molecule has 0 spiro atoms. The second-order valence-electron chi connectivity index (χ2n) is 5.52. The lowest BCUT2D eigenvalue weighted by molar-refractivity contribution is -0.116. The van der Waals surface area contributed by atoms with E-state index in [1.54, 1.807) is 42.1 Å². The summed E-state index contributed by atoms with van der Waals surface area (Å²) in [5, 5.41) is 11.1. The number of halogens is 3. The zero-order chi connectivity index (χ0) is 19.2. The minimum Gasteiger partial charge on any atom is -0.403 e. The van der Waals surface area contributed by atoms with E-state index >= 15 is 0 Å². The van der Waals surface area contributed by atoms with Crippen molar-refractivity contribution in [3.05, 3.63) is 58.3 Å². The number of nitrogens with one attached hydrogen (secondary N) is 1. The second kappa shape index (κ2) is 9.21. The maximum absolute atomic E-state index is 12.8. The summed E-state index contributed by atoms with van der Waals surface area (Å²) >= 11 is 13.5. The summed E-state index contributed by atoms with van der Waals surface area (Å²) in [6, 6.07) is 11.1. The summed E-state index contributed by atoms with van der Waals surface area (Å²) in [5.41, 5.74) is 0.566. The lowest BCUT2D eigenvalue weighted by atomic mass is 10.2. The van der Waals surface area contributed by atoms with Gasteiger partial charge in [-0.2, -0.15) is 0 Å². The number of aromatic nitrogens is 2. The highest BCUT2D eigenvalue weighted by atomic mass is 35.5. The third kappa shape index (κ3) is 5.95. The largest absolute Gasteiger partial charge is 0.403 e. The maximum atomic E-state index is 12.8. The van der Waals surface area contributed by atoms with E-state index in [9.17, 15) is 9.18 Å². The van der Waals surface area contributed by atoms with E-state index in [0.717, 1.165) is 10.6 Å². The van der Waals surface area contributed by atoms with Crippen molar-refractivity contribution >= 4 is 46.9 Å². The molecule has 0 aliphatic heterocycles. The fourth-order valence-corrected chi connectivity index (χ4v) is 3.58. The predicted octanol–water partition coefficient (Wildman–Crippen LogP) is 5.69.